The van der Waals surface area contributed by atoms with Gasteiger partial charge >= 0.3 is 6.09 Å². The number of fused-ring (bicyclic) bond motifs is 1. The Morgan fingerprint density at radius 2 is 1.90 bits per heavy atom. The molecule has 4 heterocycles. The van der Waals surface area contributed by atoms with Crippen LogP contribution in [-0.2, 0) is 17.8 Å². The lowest BCUT2D eigenvalue weighted by molar-refractivity contribution is 0.0641. The van der Waals surface area contributed by atoms with Crippen molar-refractivity contribution in [1.82, 2.24) is 24.9 Å². The Kier molecular flexibility index (Phi) is 6.05. The molecular weight excluding hydrogens is 374 g/mol. The second kappa shape index (κ2) is 8.71. The average molecular weight is 405 g/mol. The molecule has 9 nitrogen and oxygen atoms in total. The zero-order valence-corrected chi connectivity index (χ0v) is 17.0. The highest BCUT2D eigenvalue weighted by atomic mass is 16.5. The van der Waals surface area contributed by atoms with Crippen LogP contribution in [0, 0.1) is 17.8 Å². The fraction of sp³-hybridized carbons (Fsp3) is 0.750. The van der Waals surface area contributed by atoms with Crippen LogP contribution in [0.15, 0.2) is 6.20 Å². The number of nitrogens with one attached hydrogen (secondary N) is 1. The minimum Gasteiger partial charge on any atom is -0.465 e. The minimum absolute atomic E-state index is 0.0534. The summed E-state index contributed by atoms with van der Waals surface area (Å²) in [5, 5.41) is 16.7. The highest BCUT2D eigenvalue weighted by Gasteiger charge is 2.41. The highest BCUT2D eigenvalue weighted by Crippen LogP contribution is 2.32. The second-order valence-corrected chi connectivity index (χ2v) is 8.50. The summed E-state index contributed by atoms with van der Waals surface area (Å²) in [5.41, 5.74) is 1.61. The van der Waals surface area contributed by atoms with Crippen LogP contribution in [0.3, 0.4) is 0 Å². The van der Waals surface area contributed by atoms with Crippen LogP contribution in [-0.4, -0.2) is 82.6 Å². The first-order chi connectivity index (χ1) is 14.0. The smallest absolute Gasteiger partial charge is 0.407 e. The van der Waals surface area contributed by atoms with Gasteiger partial charge in [0.15, 0.2) is 0 Å². The molecule has 2 amide bonds. The van der Waals surface area contributed by atoms with E-state index in [4.69, 9.17) is 4.74 Å². The summed E-state index contributed by atoms with van der Waals surface area (Å²) in [7, 11) is 0. The van der Waals surface area contributed by atoms with E-state index in [0.29, 0.717) is 56.2 Å². The molecule has 0 aliphatic carbocycles. The van der Waals surface area contributed by atoms with Crippen LogP contribution in [0.25, 0.3) is 0 Å². The summed E-state index contributed by atoms with van der Waals surface area (Å²) in [5.74, 6) is 1.20. The average Bonchev–Trinajstić information content (AvgIpc) is 3.40. The lowest BCUT2D eigenvalue weighted by atomic mass is 10.0. The number of aromatic nitrogens is 2. The molecule has 160 valence electrons. The molecule has 2 atom stereocenters. The molecule has 0 bridgehead atoms. The molecule has 2 unspecified atom stereocenters. The van der Waals surface area contributed by atoms with Crippen molar-refractivity contribution in [3.05, 3.63) is 17.5 Å². The van der Waals surface area contributed by atoms with Gasteiger partial charge in [0.05, 0.1) is 6.20 Å². The molecule has 0 aromatic carbocycles. The number of hydrogen-bond donors (Lipinski definition) is 2. The first-order valence-electron chi connectivity index (χ1n) is 10.7. The van der Waals surface area contributed by atoms with E-state index in [1.54, 1.807) is 4.68 Å². The number of carbonyl (C=O) groups excluding carboxylic acids is 1. The summed E-state index contributed by atoms with van der Waals surface area (Å²) >= 11 is 0. The highest BCUT2D eigenvalue weighted by molar-refractivity contribution is 5.94. The number of amides is 2. The third-order valence-electron chi connectivity index (χ3n) is 6.55. The van der Waals surface area contributed by atoms with Crippen LogP contribution >= 0.6 is 0 Å². The van der Waals surface area contributed by atoms with Gasteiger partial charge in [-0.05, 0) is 37.5 Å². The van der Waals surface area contributed by atoms with Gasteiger partial charge in [0, 0.05) is 64.6 Å². The Morgan fingerprint density at radius 1 is 1.21 bits per heavy atom. The van der Waals surface area contributed by atoms with Gasteiger partial charge in [-0.25, -0.2) is 4.79 Å². The van der Waals surface area contributed by atoms with Crippen LogP contribution in [0.1, 0.15) is 35.8 Å². The first-order valence-corrected chi connectivity index (χ1v) is 10.7. The van der Waals surface area contributed by atoms with Crippen molar-refractivity contribution in [3.63, 3.8) is 0 Å². The van der Waals surface area contributed by atoms with Gasteiger partial charge in [0.2, 0.25) is 0 Å². The van der Waals surface area contributed by atoms with Crippen LogP contribution in [0.4, 0.5) is 4.79 Å². The fourth-order valence-electron chi connectivity index (χ4n) is 4.93. The molecule has 0 radical (unpaired) electrons. The van der Waals surface area contributed by atoms with Crippen molar-refractivity contribution in [3.8, 4) is 0 Å². The van der Waals surface area contributed by atoms with E-state index >= 15 is 0 Å². The maximum atomic E-state index is 12.9. The van der Waals surface area contributed by atoms with E-state index in [0.717, 1.165) is 44.7 Å². The van der Waals surface area contributed by atoms with Gasteiger partial charge in [-0.1, -0.05) is 0 Å². The molecule has 0 saturated carbocycles. The summed E-state index contributed by atoms with van der Waals surface area (Å²) in [6.07, 6.45) is 2.97. The Bertz CT molecular complexity index is 731. The number of likely N-dealkylation sites (tertiary alicyclic amines) is 2. The Balaban J connectivity index is 1.37. The van der Waals surface area contributed by atoms with Crippen molar-refractivity contribution in [2.24, 2.45) is 17.8 Å². The van der Waals surface area contributed by atoms with Crippen molar-refractivity contribution in [1.29, 1.82) is 0 Å². The van der Waals surface area contributed by atoms with Crippen molar-refractivity contribution in [2.75, 3.05) is 45.9 Å². The van der Waals surface area contributed by atoms with E-state index < -0.39 is 6.09 Å². The normalized spacial score (nSPS) is 25.3. The van der Waals surface area contributed by atoms with E-state index in [9.17, 15) is 14.7 Å². The molecular formula is C20H31N5O4. The third kappa shape index (κ3) is 4.40. The van der Waals surface area contributed by atoms with Crippen molar-refractivity contribution in [2.45, 2.75) is 32.9 Å². The Morgan fingerprint density at radius 3 is 2.52 bits per heavy atom. The molecule has 3 aliphatic rings. The van der Waals surface area contributed by atoms with E-state index in [1.165, 1.54) is 4.90 Å². The van der Waals surface area contributed by atoms with Crippen LogP contribution in [0.2, 0.25) is 0 Å². The molecule has 4 rings (SSSR count). The second-order valence-electron chi connectivity index (χ2n) is 8.50. The lowest BCUT2D eigenvalue weighted by Crippen LogP contribution is -2.35. The number of rotatable bonds is 6. The Labute approximate surface area is 171 Å². The molecule has 0 spiro atoms. The molecule has 9 heteroatoms. The maximum Gasteiger partial charge on any atom is 0.407 e. The molecule has 3 fully saturated rings. The minimum atomic E-state index is -0.821. The van der Waals surface area contributed by atoms with Crippen molar-refractivity contribution >= 4 is 12.0 Å². The van der Waals surface area contributed by atoms with Gasteiger partial charge < -0.3 is 20.1 Å². The fourth-order valence-corrected chi connectivity index (χ4v) is 4.93. The zero-order chi connectivity index (χ0) is 20.4. The van der Waals surface area contributed by atoms with Gasteiger partial charge in [0.25, 0.3) is 5.91 Å². The number of aryl methyl sites for hydroxylation is 1. The molecule has 29 heavy (non-hydrogen) atoms. The zero-order valence-electron chi connectivity index (χ0n) is 17.0. The van der Waals surface area contributed by atoms with Crippen LogP contribution < -0.4 is 5.32 Å². The summed E-state index contributed by atoms with van der Waals surface area (Å²) in [6, 6.07) is 0. The predicted molar refractivity (Wildman–Crippen MR) is 106 cm³/mol. The number of hydrogen-bond acceptors (Lipinski definition) is 5. The third-order valence-corrected chi connectivity index (χ3v) is 6.55. The lowest BCUT2D eigenvalue weighted by Gasteiger charge is -2.22. The van der Waals surface area contributed by atoms with Gasteiger partial charge in [-0.15, -0.1) is 0 Å². The number of carboxylic acid groups (broad SMARTS) is 1. The quantitative estimate of drug-likeness (QED) is 0.735. The maximum absolute atomic E-state index is 12.9. The molecule has 1 aromatic heterocycles. The molecule has 3 aliphatic heterocycles. The van der Waals surface area contributed by atoms with E-state index in [2.05, 4.69) is 15.3 Å². The van der Waals surface area contributed by atoms with Crippen LogP contribution in [0.5, 0.6) is 0 Å². The van der Waals surface area contributed by atoms with Gasteiger partial charge in [0.1, 0.15) is 5.69 Å². The summed E-state index contributed by atoms with van der Waals surface area (Å²) < 4.78 is 7.17. The SMILES string of the molecule is CCn1ncc(CN2CC3CN(C(=O)O)CC3C2)c1C(=O)NCC1CCOCC1. The summed E-state index contributed by atoms with van der Waals surface area (Å²) in [4.78, 5) is 28.0. The Hall–Kier alpha value is -2.13. The number of nitrogens with zero attached hydrogens (tertiary/aromatic N) is 4. The summed E-state index contributed by atoms with van der Waals surface area (Å²) in [6.45, 7) is 8.52. The topological polar surface area (TPSA) is 99.9 Å². The standard InChI is InChI=1S/C20H31N5O4/c1-2-25-18(19(26)21-7-14-3-5-29-6-4-14)15(8-22-25)9-23-10-16-12-24(20(27)28)13-17(16)11-23/h8,14,16-17H,2-7,9-13H2,1H3,(H,21,26)(H,27,28). The monoisotopic (exact) mass is 405 g/mol. The molecule has 1 aromatic rings. The van der Waals surface area contributed by atoms with Crippen molar-refractivity contribution < 1.29 is 19.4 Å². The number of ether oxygens (including phenoxy) is 1. The first kappa shape index (κ1) is 20.2. The number of carbonyl (C=O) groups is 2. The molecule has 2 N–H and O–H groups in total. The van der Waals surface area contributed by atoms with Gasteiger partial charge in [-0.2, -0.15) is 5.10 Å². The largest absolute Gasteiger partial charge is 0.465 e. The predicted octanol–water partition coefficient (Wildman–Crippen LogP) is 1.10. The van der Waals surface area contributed by atoms with E-state index in [1.807, 2.05) is 13.1 Å². The van der Waals surface area contributed by atoms with E-state index in [-0.39, 0.29) is 5.91 Å². The van der Waals surface area contributed by atoms with Gasteiger partial charge in [-0.3, -0.25) is 14.4 Å². The molecule has 3 saturated heterocycles.